The van der Waals surface area contributed by atoms with Gasteiger partial charge in [-0.3, -0.25) is 4.98 Å². The van der Waals surface area contributed by atoms with E-state index in [-0.39, 0.29) is 0 Å². The van der Waals surface area contributed by atoms with Gasteiger partial charge in [-0.25, -0.2) is 0 Å². The monoisotopic (exact) mass is 211 g/mol. The molecule has 0 aromatic carbocycles. The second-order valence-electron chi connectivity index (χ2n) is 3.00. The molecule has 0 saturated heterocycles. The van der Waals surface area contributed by atoms with Crippen molar-refractivity contribution in [1.82, 2.24) is 4.98 Å². The molecule has 0 aliphatic carbocycles. The largest absolute Gasteiger partial charge is 0.259 e. The summed E-state index contributed by atoms with van der Waals surface area (Å²) in [4.78, 5) is 5.60. The number of hydrogen-bond acceptors (Lipinski definition) is 2. The topological polar surface area (TPSA) is 12.9 Å². The standard InChI is InChI=1S/C10H10ClNS/c1-3-7-4-8-9(13-7)5-12-6(2)10(8)11/h4-5H,3H2,1-2H3. The number of fused-ring (bicyclic) bond motifs is 1. The highest BCUT2D eigenvalue weighted by Gasteiger charge is 2.06. The van der Waals surface area contributed by atoms with Gasteiger partial charge in [-0.15, -0.1) is 11.3 Å². The van der Waals surface area contributed by atoms with Crippen LogP contribution in [0.5, 0.6) is 0 Å². The molecule has 0 aliphatic heterocycles. The minimum Gasteiger partial charge on any atom is -0.259 e. The summed E-state index contributed by atoms with van der Waals surface area (Å²) in [6, 6.07) is 2.16. The Kier molecular flexibility index (Phi) is 2.26. The fourth-order valence-corrected chi connectivity index (χ4v) is 2.55. The van der Waals surface area contributed by atoms with Crippen molar-refractivity contribution in [2.75, 3.05) is 0 Å². The van der Waals surface area contributed by atoms with E-state index in [0.717, 1.165) is 22.5 Å². The first-order valence-corrected chi connectivity index (χ1v) is 5.45. The van der Waals surface area contributed by atoms with Crippen LogP contribution in [0.1, 0.15) is 17.5 Å². The molecular formula is C10H10ClNS. The molecule has 0 fully saturated rings. The Morgan fingerprint density at radius 2 is 2.31 bits per heavy atom. The Labute approximate surface area is 86.4 Å². The third-order valence-electron chi connectivity index (χ3n) is 2.09. The minimum absolute atomic E-state index is 0.799. The molecule has 0 unspecified atom stereocenters. The maximum absolute atomic E-state index is 6.14. The highest BCUT2D eigenvalue weighted by Crippen LogP contribution is 2.32. The maximum Gasteiger partial charge on any atom is 0.0705 e. The van der Waals surface area contributed by atoms with E-state index >= 15 is 0 Å². The van der Waals surface area contributed by atoms with Gasteiger partial charge in [0.25, 0.3) is 0 Å². The number of nitrogens with zero attached hydrogens (tertiary/aromatic N) is 1. The van der Waals surface area contributed by atoms with Gasteiger partial charge >= 0.3 is 0 Å². The molecule has 2 aromatic rings. The second kappa shape index (κ2) is 3.28. The van der Waals surface area contributed by atoms with E-state index in [9.17, 15) is 0 Å². The first-order valence-electron chi connectivity index (χ1n) is 4.26. The van der Waals surface area contributed by atoms with Crippen LogP contribution in [0.3, 0.4) is 0 Å². The van der Waals surface area contributed by atoms with Crippen molar-refractivity contribution in [2.24, 2.45) is 0 Å². The van der Waals surface area contributed by atoms with E-state index in [4.69, 9.17) is 11.6 Å². The number of halogens is 1. The average Bonchev–Trinajstić information content (AvgIpc) is 2.55. The van der Waals surface area contributed by atoms with Gasteiger partial charge in [-0.1, -0.05) is 18.5 Å². The van der Waals surface area contributed by atoms with Gasteiger partial charge < -0.3 is 0 Å². The summed E-state index contributed by atoms with van der Waals surface area (Å²) in [5.74, 6) is 0. The van der Waals surface area contributed by atoms with Crippen molar-refractivity contribution >= 4 is 33.0 Å². The smallest absolute Gasteiger partial charge is 0.0705 e. The zero-order valence-electron chi connectivity index (χ0n) is 7.60. The van der Waals surface area contributed by atoms with Crippen LogP contribution >= 0.6 is 22.9 Å². The van der Waals surface area contributed by atoms with Gasteiger partial charge in [0.15, 0.2) is 0 Å². The molecule has 0 spiro atoms. The van der Waals surface area contributed by atoms with Gasteiger partial charge in [-0.2, -0.15) is 0 Å². The minimum atomic E-state index is 0.799. The first kappa shape index (κ1) is 8.97. The zero-order valence-corrected chi connectivity index (χ0v) is 9.17. The van der Waals surface area contributed by atoms with Crippen molar-refractivity contribution in [3.63, 3.8) is 0 Å². The lowest BCUT2D eigenvalue weighted by atomic mass is 10.2. The molecule has 0 aliphatic rings. The highest BCUT2D eigenvalue weighted by atomic mass is 35.5. The van der Waals surface area contributed by atoms with Crippen LogP contribution in [0.25, 0.3) is 10.1 Å². The Morgan fingerprint density at radius 3 is 3.00 bits per heavy atom. The Balaban J connectivity index is 2.76. The quantitative estimate of drug-likeness (QED) is 0.699. The van der Waals surface area contributed by atoms with Crippen LogP contribution in [0.15, 0.2) is 12.3 Å². The number of rotatable bonds is 1. The SMILES string of the molecule is CCc1cc2c(Cl)c(C)ncc2s1. The second-order valence-corrected chi connectivity index (χ2v) is 4.55. The molecule has 1 nitrogen and oxygen atoms in total. The van der Waals surface area contributed by atoms with E-state index in [1.165, 1.54) is 9.58 Å². The van der Waals surface area contributed by atoms with Crippen LogP contribution < -0.4 is 0 Å². The summed E-state index contributed by atoms with van der Waals surface area (Å²) in [7, 11) is 0. The summed E-state index contributed by atoms with van der Waals surface area (Å²) in [6.45, 7) is 4.09. The molecule has 0 bridgehead atoms. The van der Waals surface area contributed by atoms with E-state index in [0.29, 0.717) is 0 Å². The van der Waals surface area contributed by atoms with Gasteiger partial charge in [0.05, 0.1) is 15.4 Å². The number of hydrogen-bond donors (Lipinski definition) is 0. The predicted molar refractivity (Wildman–Crippen MR) is 58.7 cm³/mol. The molecule has 0 saturated carbocycles. The lowest BCUT2D eigenvalue weighted by Gasteiger charge is -1.96. The fraction of sp³-hybridized carbons (Fsp3) is 0.300. The number of pyridine rings is 1. The fourth-order valence-electron chi connectivity index (χ4n) is 1.31. The van der Waals surface area contributed by atoms with Gasteiger partial charge in [-0.05, 0) is 19.4 Å². The Bertz CT molecular complexity index is 447. The molecule has 0 atom stereocenters. The number of aromatic nitrogens is 1. The van der Waals surface area contributed by atoms with Gasteiger partial charge in [0, 0.05) is 16.5 Å². The molecule has 13 heavy (non-hydrogen) atoms. The lowest BCUT2D eigenvalue weighted by molar-refractivity contribution is 1.19. The number of aryl methyl sites for hydroxylation is 2. The zero-order chi connectivity index (χ0) is 9.42. The normalized spacial score (nSPS) is 11.0. The van der Waals surface area contributed by atoms with Crippen LogP contribution in [0, 0.1) is 6.92 Å². The summed E-state index contributed by atoms with van der Waals surface area (Å²) in [6.07, 6.45) is 2.97. The average molecular weight is 212 g/mol. The van der Waals surface area contributed by atoms with Gasteiger partial charge in [0.2, 0.25) is 0 Å². The maximum atomic E-state index is 6.14. The predicted octanol–water partition coefficient (Wildman–Crippen LogP) is 3.82. The van der Waals surface area contributed by atoms with E-state index in [1.54, 1.807) is 11.3 Å². The highest BCUT2D eigenvalue weighted by molar-refractivity contribution is 7.19. The van der Waals surface area contributed by atoms with Crippen LogP contribution in [0.2, 0.25) is 5.02 Å². The summed E-state index contributed by atoms with van der Waals surface area (Å²) < 4.78 is 1.19. The molecule has 0 radical (unpaired) electrons. The van der Waals surface area contributed by atoms with Crippen molar-refractivity contribution < 1.29 is 0 Å². The molecule has 2 rings (SSSR count). The van der Waals surface area contributed by atoms with Crippen LogP contribution in [-0.4, -0.2) is 4.98 Å². The summed E-state index contributed by atoms with van der Waals surface area (Å²) >= 11 is 7.91. The van der Waals surface area contributed by atoms with Crippen molar-refractivity contribution in [3.8, 4) is 0 Å². The van der Waals surface area contributed by atoms with E-state index in [1.807, 2.05) is 13.1 Å². The third-order valence-corrected chi connectivity index (χ3v) is 3.78. The van der Waals surface area contributed by atoms with Crippen LogP contribution in [0.4, 0.5) is 0 Å². The van der Waals surface area contributed by atoms with E-state index in [2.05, 4.69) is 18.0 Å². The molecular weight excluding hydrogens is 202 g/mol. The molecule has 68 valence electrons. The summed E-state index contributed by atoms with van der Waals surface area (Å²) in [5, 5.41) is 1.95. The molecule has 0 N–H and O–H groups in total. The van der Waals surface area contributed by atoms with Gasteiger partial charge in [0.1, 0.15) is 0 Å². The van der Waals surface area contributed by atoms with Crippen molar-refractivity contribution in [2.45, 2.75) is 20.3 Å². The molecule has 3 heteroatoms. The molecule has 2 heterocycles. The number of thiophene rings is 1. The molecule has 0 amide bonds. The van der Waals surface area contributed by atoms with E-state index < -0.39 is 0 Å². The van der Waals surface area contributed by atoms with Crippen LogP contribution in [-0.2, 0) is 6.42 Å². The van der Waals surface area contributed by atoms with Crippen molar-refractivity contribution in [3.05, 3.63) is 27.9 Å². The Morgan fingerprint density at radius 1 is 1.54 bits per heavy atom. The molecule has 2 aromatic heterocycles. The Hall–Kier alpha value is -0.600. The lowest BCUT2D eigenvalue weighted by Crippen LogP contribution is -1.80. The summed E-state index contributed by atoms with van der Waals surface area (Å²) in [5.41, 5.74) is 0.912. The first-order chi connectivity index (χ1) is 6.22. The van der Waals surface area contributed by atoms with Crippen molar-refractivity contribution in [1.29, 1.82) is 0 Å². The third kappa shape index (κ3) is 1.45.